The van der Waals surface area contributed by atoms with Gasteiger partial charge in [-0.2, -0.15) is 0 Å². The Balaban J connectivity index is 1.88. The molecule has 0 radical (unpaired) electrons. The molecular weight excluding hydrogens is 260 g/mol. The lowest BCUT2D eigenvalue weighted by atomic mass is 9.79. The Morgan fingerprint density at radius 3 is 2.00 bits per heavy atom. The normalized spacial score (nSPS) is 15.7. The van der Waals surface area contributed by atoms with Crippen LogP contribution in [-0.2, 0) is 30.5 Å². The first kappa shape index (κ1) is 13.9. The maximum absolute atomic E-state index is 11.9. The lowest BCUT2D eigenvalue weighted by molar-refractivity contribution is -0.148. The molecule has 21 heavy (non-hydrogen) atoms. The minimum absolute atomic E-state index is 0.598. The van der Waals surface area contributed by atoms with Crippen molar-refractivity contribution in [2.75, 3.05) is 0 Å². The molecule has 0 atom stereocenters. The van der Waals surface area contributed by atoms with Gasteiger partial charge in [0.25, 0.3) is 0 Å². The van der Waals surface area contributed by atoms with Crippen LogP contribution >= 0.6 is 0 Å². The summed E-state index contributed by atoms with van der Waals surface area (Å²) in [5, 5.41) is 9.80. The summed E-state index contributed by atoms with van der Waals surface area (Å²) in [7, 11) is 0. The molecule has 0 fully saturated rings. The smallest absolute Gasteiger partial charge is 0.310 e. The van der Waals surface area contributed by atoms with Crippen molar-refractivity contribution < 1.29 is 9.90 Å². The molecule has 0 heterocycles. The number of aryl methyl sites for hydroxylation is 1. The van der Waals surface area contributed by atoms with Crippen molar-refractivity contribution in [2.45, 2.75) is 32.6 Å². The third kappa shape index (κ3) is 2.58. The van der Waals surface area contributed by atoms with Crippen molar-refractivity contribution in [3.63, 3.8) is 0 Å². The Bertz CT molecular complexity index is 631. The summed E-state index contributed by atoms with van der Waals surface area (Å²) in [5.74, 6) is -0.682. The van der Waals surface area contributed by atoms with E-state index in [1.165, 1.54) is 16.7 Å². The summed E-state index contributed by atoms with van der Waals surface area (Å²) in [6.45, 7) is 2.13. The van der Waals surface area contributed by atoms with E-state index < -0.39 is 11.4 Å². The molecule has 0 spiro atoms. The first-order valence-electron chi connectivity index (χ1n) is 7.51. The number of carbonyl (C=O) groups is 1. The van der Waals surface area contributed by atoms with Crippen molar-refractivity contribution in [2.24, 2.45) is 5.41 Å². The van der Waals surface area contributed by atoms with E-state index in [4.69, 9.17) is 0 Å². The molecule has 3 rings (SSSR count). The largest absolute Gasteiger partial charge is 0.481 e. The SMILES string of the molecule is CCc1ccc(CC2(C(=O)O)Cc3ccccc3C2)cc1. The molecule has 2 nitrogen and oxygen atoms in total. The summed E-state index contributed by atoms with van der Waals surface area (Å²) >= 11 is 0. The molecule has 1 aliphatic carbocycles. The zero-order valence-corrected chi connectivity index (χ0v) is 12.3. The topological polar surface area (TPSA) is 37.3 Å². The van der Waals surface area contributed by atoms with Gasteiger partial charge in [-0.15, -0.1) is 0 Å². The van der Waals surface area contributed by atoms with Gasteiger partial charge in [0.1, 0.15) is 0 Å². The highest BCUT2D eigenvalue weighted by atomic mass is 16.4. The van der Waals surface area contributed by atoms with Crippen LogP contribution in [0.5, 0.6) is 0 Å². The lowest BCUT2D eigenvalue weighted by Gasteiger charge is -2.24. The van der Waals surface area contributed by atoms with Crippen LogP contribution in [0.3, 0.4) is 0 Å². The quantitative estimate of drug-likeness (QED) is 0.928. The molecule has 1 aliphatic rings. The Kier molecular flexibility index (Phi) is 3.54. The number of hydrogen-bond acceptors (Lipinski definition) is 1. The van der Waals surface area contributed by atoms with E-state index in [9.17, 15) is 9.90 Å². The minimum atomic E-state index is -0.683. The molecule has 108 valence electrons. The van der Waals surface area contributed by atoms with Crippen molar-refractivity contribution in [3.8, 4) is 0 Å². The van der Waals surface area contributed by atoms with Crippen molar-refractivity contribution in [3.05, 3.63) is 70.8 Å². The van der Waals surface area contributed by atoms with E-state index in [2.05, 4.69) is 43.3 Å². The van der Waals surface area contributed by atoms with E-state index in [0.29, 0.717) is 19.3 Å². The molecule has 2 aromatic rings. The second-order valence-electron chi connectivity index (χ2n) is 6.05. The molecule has 0 saturated carbocycles. The number of aliphatic carboxylic acids is 1. The molecule has 0 aromatic heterocycles. The molecule has 2 aromatic carbocycles. The maximum Gasteiger partial charge on any atom is 0.310 e. The van der Waals surface area contributed by atoms with Gasteiger partial charge in [-0.25, -0.2) is 0 Å². The highest BCUT2D eigenvalue weighted by Gasteiger charge is 2.43. The van der Waals surface area contributed by atoms with E-state index in [1.807, 2.05) is 12.1 Å². The number of rotatable bonds is 4. The average molecular weight is 280 g/mol. The summed E-state index contributed by atoms with van der Waals surface area (Å²) in [6, 6.07) is 16.5. The summed E-state index contributed by atoms with van der Waals surface area (Å²) in [4.78, 5) is 11.9. The number of carboxylic acids is 1. The summed E-state index contributed by atoms with van der Waals surface area (Å²) in [6.07, 6.45) is 2.87. The molecule has 0 saturated heterocycles. The Morgan fingerprint density at radius 1 is 1.00 bits per heavy atom. The van der Waals surface area contributed by atoms with Crippen LogP contribution in [0.25, 0.3) is 0 Å². The Hall–Kier alpha value is -2.09. The van der Waals surface area contributed by atoms with E-state index in [1.54, 1.807) is 0 Å². The van der Waals surface area contributed by atoms with Gasteiger partial charge in [-0.1, -0.05) is 55.5 Å². The second kappa shape index (κ2) is 5.36. The molecule has 2 heteroatoms. The molecular formula is C19H20O2. The number of benzene rings is 2. The van der Waals surface area contributed by atoms with E-state index >= 15 is 0 Å². The van der Waals surface area contributed by atoms with Crippen LogP contribution in [0.4, 0.5) is 0 Å². The van der Waals surface area contributed by atoms with Crippen LogP contribution < -0.4 is 0 Å². The number of carboxylic acid groups (broad SMARTS) is 1. The standard InChI is InChI=1S/C19H20O2/c1-2-14-7-9-15(10-8-14)11-19(18(20)21)12-16-5-3-4-6-17(16)13-19/h3-10H,2,11-13H2,1H3,(H,20,21). The second-order valence-corrected chi connectivity index (χ2v) is 6.05. The highest BCUT2D eigenvalue weighted by molar-refractivity contribution is 5.77. The average Bonchev–Trinajstić information content (AvgIpc) is 2.87. The fraction of sp³-hybridized carbons (Fsp3) is 0.316. The maximum atomic E-state index is 11.9. The zero-order valence-electron chi connectivity index (χ0n) is 12.3. The van der Waals surface area contributed by atoms with Crippen LogP contribution in [0.15, 0.2) is 48.5 Å². The monoisotopic (exact) mass is 280 g/mol. The van der Waals surface area contributed by atoms with Gasteiger partial charge >= 0.3 is 5.97 Å². The van der Waals surface area contributed by atoms with Crippen LogP contribution in [0.1, 0.15) is 29.2 Å². The van der Waals surface area contributed by atoms with E-state index in [-0.39, 0.29) is 0 Å². The molecule has 0 aliphatic heterocycles. The molecule has 1 N–H and O–H groups in total. The third-order valence-corrected chi connectivity index (χ3v) is 4.60. The first-order chi connectivity index (χ1) is 10.1. The van der Waals surface area contributed by atoms with Crippen LogP contribution in [-0.4, -0.2) is 11.1 Å². The van der Waals surface area contributed by atoms with Crippen LogP contribution in [0.2, 0.25) is 0 Å². The van der Waals surface area contributed by atoms with E-state index in [0.717, 1.165) is 12.0 Å². The van der Waals surface area contributed by atoms with Gasteiger partial charge in [-0.3, -0.25) is 4.79 Å². The summed E-state index contributed by atoms with van der Waals surface area (Å²) in [5.41, 5.74) is 4.09. The fourth-order valence-electron chi connectivity index (χ4n) is 3.33. The highest BCUT2D eigenvalue weighted by Crippen LogP contribution is 2.40. The Labute approximate surface area is 125 Å². The van der Waals surface area contributed by atoms with Crippen molar-refractivity contribution in [1.82, 2.24) is 0 Å². The van der Waals surface area contributed by atoms with Crippen LogP contribution in [0, 0.1) is 5.41 Å². The molecule has 0 amide bonds. The number of hydrogen-bond donors (Lipinski definition) is 1. The predicted octanol–water partition coefficient (Wildman–Crippen LogP) is 3.66. The zero-order chi connectivity index (χ0) is 14.9. The van der Waals surface area contributed by atoms with Gasteiger partial charge in [0.2, 0.25) is 0 Å². The van der Waals surface area contributed by atoms with Gasteiger partial charge in [0.15, 0.2) is 0 Å². The predicted molar refractivity (Wildman–Crippen MR) is 83.4 cm³/mol. The molecule has 0 unspecified atom stereocenters. The van der Waals surface area contributed by atoms with Gasteiger partial charge < -0.3 is 5.11 Å². The minimum Gasteiger partial charge on any atom is -0.481 e. The molecule has 0 bridgehead atoms. The summed E-state index contributed by atoms with van der Waals surface area (Å²) < 4.78 is 0. The third-order valence-electron chi connectivity index (χ3n) is 4.60. The van der Waals surface area contributed by atoms with Gasteiger partial charge in [-0.05, 0) is 47.9 Å². The number of fused-ring (bicyclic) bond motifs is 1. The Morgan fingerprint density at radius 2 is 1.52 bits per heavy atom. The van der Waals surface area contributed by atoms with Gasteiger partial charge in [0.05, 0.1) is 5.41 Å². The first-order valence-corrected chi connectivity index (χ1v) is 7.51. The van der Waals surface area contributed by atoms with Gasteiger partial charge in [0, 0.05) is 0 Å². The van der Waals surface area contributed by atoms with Crippen molar-refractivity contribution >= 4 is 5.97 Å². The van der Waals surface area contributed by atoms with Crippen molar-refractivity contribution in [1.29, 1.82) is 0 Å². The fourth-order valence-corrected chi connectivity index (χ4v) is 3.33. The lowest BCUT2D eigenvalue weighted by Crippen LogP contribution is -2.34.